The van der Waals surface area contributed by atoms with Crippen molar-refractivity contribution in [3.05, 3.63) is 35.9 Å². The van der Waals surface area contributed by atoms with E-state index in [-0.39, 0.29) is 12.6 Å². The predicted octanol–water partition coefficient (Wildman–Crippen LogP) is 1.19. The molecule has 1 amide bonds. The Bertz CT molecular complexity index is 424. The molecule has 1 saturated heterocycles. The van der Waals surface area contributed by atoms with Gasteiger partial charge in [0.15, 0.2) is 0 Å². The molecule has 5 heteroatoms. The van der Waals surface area contributed by atoms with E-state index in [4.69, 9.17) is 5.11 Å². The third-order valence-corrected chi connectivity index (χ3v) is 3.72. The van der Waals surface area contributed by atoms with Gasteiger partial charge in [0.05, 0.1) is 13.7 Å². The minimum absolute atomic E-state index is 0.0490. The zero-order valence-corrected chi connectivity index (χ0v) is 11.8. The van der Waals surface area contributed by atoms with Crippen LogP contribution in [0.5, 0.6) is 0 Å². The summed E-state index contributed by atoms with van der Waals surface area (Å²) in [6.45, 7) is 2.41. The number of carbonyl (C=O) groups excluding carboxylic acids is 1. The van der Waals surface area contributed by atoms with Crippen LogP contribution < -0.4 is 5.32 Å². The number of ether oxygens (including phenoxy) is 1. The van der Waals surface area contributed by atoms with E-state index in [9.17, 15) is 4.79 Å². The lowest BCUT2D eigenvalue weighted by Gasteiger charge is -2.37. The van der Waals surface area contributed by atoms with Crippen LogP contribution in [-0.4, -0.2) is 55.5 Å². The molecule has 0 radical (unpaired) electrons. The van der Waals surface area contributed by atoms with Crippen molar-refractivity contribution in [2.45, 2.75) is 18.4 Å². The van der Waals surface area contributed by atoms with Crippen LogP contribution in [-0.2, 0) is 4.74 Å². The maximum atomic E-state index is 11.4. The summed E-state index contributed by atoms with van der Waals surface area (Å²) in [4.78, 5) is 13.6. The van der Waals surface area contributed by atoms with Crippen LogP contribution in [0.2, 0.25) is 0 Å². The van der Waals surface area contributed by atoms with Gasteiger partial charge in [-0.2, -0.15) is 0 Å². The second-order valence-corrected chi connectivity index (χ2v) is 5.16. The molecular formula is C15H22N2O3. The van der Waals surface area contributed by atoms with Gasteiger partial charge >= 0.3 is 6.09 Å². The number of piperidine rings is 1. The molecule has 2 rings (SSSR count). The number of aliphatic hydroxyl groups excluding tert-OH is 1. The van der Waals surface area contributed by atoms with Gasteiger partial charge in [0.2, 0.25) is 0 Å². The number of methoxy groups -OCH3 is 1. The Labute approximate surface area is 119 Å². The van der Waals surface area contributed by atoms with Gasteiger partial charge < -0.3 is 15.2 Å². The average molecular weight is 278 g/mol. The molecule has 1 heterocycles. The largest absolute Gasteiger partial charge is 0.453 e. The quantitative estimate of drug-likeness (QED) is 0.868. The fourth-order valence-electron chi connectivity index (χ4n) is 2.81. The van der Waals surface area contributed by atoms with Gasteiger partial charge in [0, 0.05) is 25.7 Å². The average Bonchev–Trinajstić information content (AvgIpc) is 2.48. The van der Waals surface area contributed by atoms with Crippen LogP contribution in [0.4, 0.5) is 4.79 Å². The fourth-order valence-corrected chi connectivity index (χ4v) is 2.81. The summed E-state index contributed by atoms with van der Waals surface area (Å²) in [6.07, 6.45) is 0.494. The zero-order chi connectivity index (χ0) is 14.4. The number of likely N-dealkylation sites (tertiary alicyclic amines) is 1. The summed E-state index contributed by atoms with van der Waals surface area (Å²) in [5.41, 5.74) is 1.27. The standard InChI is InChI=1S/C15H22N2O3/c1-20-15(19)16-14-9-13(10-17(11-14)7-8-18)12-5-3-2-4-6-12/h2-6,13-14,18H,7-11H2,1H3,(H,16,19). The normalized spacial score (nSPS) is 23.3. The SMILES string of the molecule is COC(=O)NC1CC(c2ccccc2)CN(CCO)C1. The summed E-state index contributed by atoms with van der Waals surface area (Å²) in [5, 5.41) is 12.0. The molecule has 0 aliphatic carbocycles. The third kappa shape index (κ3) is 3.95. The lowest BCUT2D eigenvalue weighted by molar-refractivity contribution is 0.126. The molecule has 1 fully saturated rings. The number of carbonyl (C=O) groups is 1. The summed E-state index contributed by atoms with van der Waals surface area (Å²) in [6, 6.07) is 10.3. The van der Waals surface area contributed by atoms with Gasteiger partial charge in [-0.3, -0.25) is 4.90 Å². The monoisotopic (exact) mass is 278 g/mol. The van der Waals surface area contributed by atoms with Crippen molar-refractivity contribution in [1.82, 2.24) is 10.2 Å². The Kier molecular flexibility index (Phi) is 5.38. The minimum Gasteiger partial charge on any atom is -0.453 e. The second kappa shape index (κ2) is 7.26. The van der Waals surface area contributed by atoms with Crippen molar-refractivity contribution >= 4 is 6.09 Å². The fraction of sp³-hybridized carbons (Fsp3) is 0.533. The third-order valence-electron chi connectivity index (χ3n) is 3.72. The number of benzene rings is 1. The van der Waals surface area contributed by atoms with Crippen molar-refractivity contribution < 1.29 is 14.6 Å². The maximum Gasteiger partial charge on any atom is 0.407 e. The van der Waals surface area contributed by atoms with Crippen LogP contribution in [0.15, 0.2) is 30.3 Å². The van der Waals surface area contributed by atoms with Crippen molar-refractivity contribution in [2.75, 3.05) is 33.4 Å². The van der Waals surface area contributed by atoms with Crippen LogP contribution in [0.3, 0.4) is 0 Å². The molecule has 2 atom stereocenters. The molecule has 0 bridgehead atoms. The number of β-amino-alcohol motifs (C(OH)–C–C–N with tert-alkyl or cyclic N) is 1. The number of alkyl carbamates (subject to hydrolysis) is 1. The van der Waals surface area contributed by atoms with Crippen molar-refractivity contribution in [3.8, 4) is 0 Å². The highest BCUT2D eigenvalue weighted by Gasteiger charge is 2.28. The first kappa shape index (κ1) is 14.8. The zero-order valence-electron chi connectivity index (χ0n) is 11.8. The van der Waals surface area contributed by atoms with E-state index < -0.39 is 6.09 Å². The lowest BCUT2D eigenvalue weighted by atomic mass is 9.88. The topological polar surface area (TPSA) is 61.8 Å². The first-order chi connectivity index (χ1) is 9.72. The van der Waals surface area contributed by atoms with E-state index in [1.54, 1.807) is 0 Å². The Hall–Kier alpha value is -1.59. The summed E-state index contributed by atoms with van der Waals surface area (Å²) < 4.78 is 4.67. The van der Waals surface area contributed by atoms with E-state index in [0.717, 1.165) is 19.5 Å². The number of hydrogen-bond donors (Lipinski definition) is 2. The molecule has 1 aromatic carbocycles. The molecule has 1 aromatic rings. The number of hydrogen-bond acceptors (Lipinski definition) is 4. The Balaban J connectivity index is 2.06. The molecule has 2 unspecified atom stereocenters. The van der Waals surface area contributed by atoms with E-state index in [1.807, 2.05) is 18.2 Å². The number of nitrogens with one attached hydrogen (secondary N) is 1. The summed E-state index contributed by atoms with van der Waals surface area (Å²) in [7, 11) is 1.37. The molecule has 110 valence electrons. The number of nitrogens with zero attached hydrogens (tertiary/aromatic N) is 1. The van der Waals surface area contributed by atoms with Crippen LogP contribution in [0.1, 0.15) is 17.9 Å². The maximum absolute atomic E-state index is 11.4. The molecule has 0 aromatic heterocycles. The molecule has 5 nitrogen and oxygen atoms in total. The van der Waals surface area contributed by atoms with Crippen LogP contribution in [0.25, 0.3) is 0 Å². The van der Waals surface area contributed by atoms with Crippen molar-refractivity contribution in [1.29, 1.82) is 0 Å². The molecule has 2 N–H and O–H groups in total. The summed E-state index contributed by atoms with van der Waals surface area (Å²) in [5.74, 6) is 0.360. The molecule has 0 spiro atoms. The first-order valence-corrected chi connectivity index (χ1v) is 6.95. The number of rotatable bonds is 4. The van der Waals surface area contributed by atoms with E-state index >= 15 is 0 Å². The highest BCUT2D eigenvalue weighted by atomic mass is 16.5. The van der Waals surface area contributed by atoms with E-state index in [2.05, 4.69) is 27.1 Å². The Morgan fingerprint density at radius 1 is 1.40 bits per heavy atom. The highest BCUT2D eigenvalue weighted by Crippen LogP contribution is 2.26. The van der Waals surface area contributed by atoms with Gasteiger partial charge in [-0.05, 0) is 17.9 Å². The number of amides is 1. The molecular weight excluding hydrogens is 256 g/mol. The van der Waals surface area contributed by atoms with Gasteiger partial charge in [-0.25, -0.2) is 4.79 Å². The number of aliphatic hydroxyl groups is 1. The lowest BCUT2D eigenvalue weighted by Crippen LogP contribution is -2.50. The highest BCUT2D eigenvalue weighted by molar-refractivity contribution is 5.67. The minimum atomic E-state index is -0.396. The van der Waals surface area contributed by atoms with Gasteiger partial charge in [0.25, 0.3) is 0 Å². The van der Waals surface area contributed by atoms with E-state index in [0.29, 0.717) is 12.5 Å². The molecule has 20 heavy (non-hydrogen) atoms. The van der Waals surface area contributed by atoms with Gasteiger partial charge in [0.1, 0.15) is 0 Å². The molecule has 1 aliphatic rings. The van der Waals surface area contributed by atoms with E-state index in [1.165, 1.54) is 12.7 Å². The van der Waals surface area contributed by atoms with Crippen molar-refractivity contribution in [2.24, 2.45) is 0 Å². The molecule has 0 saturated carbocycles. The van der Waals surface area contributed by atoms with Gasteiger partial charge in [-0.15, -0.1) is 0 Å². The smallest absolute Gasteiger partial charge is 0.407 e. The van der Waals surface area contributed by atoms with Crippen LogP contribution in [0, 0.1) is 0 Å². The van der Waals surface area contributed by atoms with Crippen molar-refractivity contribution in [3.63, 3.8) is 0 Å². The molecule has 1 aliphatic heterocycles. The second-order valence-electron chi connectivity index (χ2n) is 5.16. The summed E-state index contributed by atoms with van der Waals surface area (Å²) >= 11 is 0. The predicted molar refractivity (Wildman–Crippen MR) is 76.7 cm³/mol. The van der Waals surface area contributed by atoms with Gasteiger partial charge in [-0.1, -0.05) is 30.3 Å². The van der Waals surface area contributed by atoms with Crippen LogP contribution >= 0.6 is 0 Å². The Morgan fingerprint density at radius 2 is 2.15 bits per heavy atom. The Morgan fingerprint density at radius 3 is 2.80 bits per heavy atom. The first-order valence-electron chi connectivity index (χ1n) is 6.95.